The van der Waals surface area contributed by atoms with Crippen LogP contribution in [0.25, 0.3) is 0 Å². The lowest BCUT2D eigenvalue weighted by Gasteiger charge is -2.26. The molecule has 2 fully saturated rings. The second kappa shape index (κ2) is 8.70. The number of hydrogen-bond donors (Lipinski definition) is 2. The van der Waals surface area contributed by atoms with Crippen molar-refractivity contribution in [3.8, 4) is 0 Å². The van der Waals surface area contributed by atoms with Gasteiger partial charge in [-0.2, -0.15) is 0 Å². The first kappa shape index (κ1) is 17.5. The van der Waals surface area contributed by atoms with Gasteiger partial charge in [0, 0.05) is 19.5 Å². The zero-order chi connectivity index (χ0) is 15.8. The molecule has 2 rings (SSSR count). The van der Waals surface area contributed by atoms with Gasteiger partial charge in [-0.15, -0.1) is 0 Å². The molecule has 0 spiro atoms. The van der Waals surface area contributed by atoms with Crippen LogP contribution in [0.3, 0.4) is 0 Å². The first-order valence-electron chi connectivity index (χ1n) is 8.59. The number of hydrogen-bond acceptors (Lipinski definition) is 4. The number of carbonyl (C=O) groups excluding carboxylic acids is 1. The van der Waals surface area contributed by atoms with E-state index in [0.29, 0.717) is 25.7 Å². The molecule has 0 unspecified atom stereocenters. The second-order valence-corrected chi connectivity index (χ2v) is 6.68. The molecule has 0 saturated carbocycles. The highest BCUT2D eigenvalue weighted by molar-refractivity contribution is 5.73. The molecule has 6 nitrogen and oxygen atoms in total. The summed E-state index contributed by atoms with van der Waals surface area (Å²) in [6.45, 7) is 10.3. The van der Waals surface area contributed by atoms with Crippen LogP contribution < -0.4 is 10.6 Å². The van der Waals surface area contributed by atoms with E-state index in [4.69, 9.17) is 9.47 Å². The van der Waals surface area contributed by atoms with Crippen molar-refractivity contribution in [3.05, 3.63) is 0 Å². The van der Waals surface area contributed by atoms with Crippen LogP contribution in [-0.2, 0) is 9.47 Å². The Morgan fingerprint density at radius 3 is 2.59 bits per heavy atom. The standard InChI is InChI=1S/C16H31N3O3/c1-14(12-16(2)21-10-11-22-16)13-18-15(20)17-6-5-9-19-7-3-4-8-19/h14H,3-13H2,1-2H3,(H2,17,18,20)/t14-/m0/s1. The summed E-state index contributed by atoms with van der Waals surface area (Å²) >= 11 is 0. The molecular weight excluding hydrogens is 282 g/mol. The summed E-state index contributed by atoms with van der Waals surface area (Å²) in [6.07, 6.45) is 4.45. The lowest BCUT2D eigenvalue weighted by Crippen LogP contribution is -2.40. The van der Waals surface area contributed by atoms with Crippen molar-refractivity contribution in [3.63, 3.8) is 0 Å². The summed E-state index contributed by atoms with van der Waals surface area (Å²) in [5, 5.41) is 5.85. The highest BCUT2D eigenvalue weighted by Crippen LogP contribution is 2.26. The fraction of sp³-hybridized carbons (Fsp3) is 0.938. The third-order valence-corrected chi connectivity index (χ3v) is 4.36. The SMILES string of the molecule is C[C@H](CNC(=O)NCCCN1CCCC1)CC1(C)OCCO1. The summed E-state index contributed by atoms with van der Waals surface area (Å²) in [5.41, 5.74) is 0. The van der Waals surface area contributed by atoms with Gasteiger partial charge in [0.25, 0.3) is 0 Å². The molecule has 0 aliphatic carbocycles. The van der Waals surface area contributed by atoms with Crippen LogP contribution in [0.2, 0.25) is 0 Å². The Morgan fingerprint density at radius 2 is 1.91 bits per heavy atom. The molecule has 2 N–H and O–H groups in total. The summed E-state index contributed by atoms with van der Waals surface area (Å²) in [4.78, 5) is 14.2. The zero-order valence-electron chi connectivity index (χ0n) is 14.0. The van der Waals surface area contributed by atoms with Crippen molar-refractivity contribution in [2.24, 2.45) is 5.92 Å². The molecule has 128 valence electrons. The zero-order valence-corrected chi connectivity index (χ0v) is 14.0. The third kappa shape index (κ3) is 6.10. The minimum Gasteiger partial charge on any atom is -0.348 e. The highest BCUT2D eigenvalue weighted by Gasteiger charge is 2.32. The minimum absolute atomic E-state index is 0.0771. The summed E-state index contributed by atoms with van der Waals surface area (Å²) in [5.74, 6) is -0.161. The Labute approximate surface area is 133 Å². The van der Waals surface area contributed by atoms with Crippen molar-refractivity contribution in [1.29, 1.82) is 0 Å². The molecule has 2 aliphatic heterocycles. The smallest absolute Gasteiger partial charge is 0.314 e. The molecule has 0 aromatic carbocycles. The quantitative estimate of drug-likeness (QED) is 0.668. The average molecular weight is 313 g/mol. The van der Waals surface area contributed by atoms with E-state index in [2.05, 4.69) is 22.5 Å². The largest absolute Gasteiger partial charge is 0.348 e. The van der Waals surface area contributed by atoms with Gasteiger partial charge in [0.15, 0.2) is 5.79 Å². The maximum absolute atomic E-state index is 11.8. The number of amides is 2. The molecular formula is C16H31N3O3. The van der Waals surface area contributed by atoms with Gasteiger partial charge in [-0.05, 0) is 51.7 Å². The van der Waals surface area contributed by atoms with E-state index in [-0.39, 0.29) is 6.03 Å². The van der Waals surface area contributed by atoms with Crippen molar-refractivity contribution >= 4 is 6.03 Å². The molecule has 2 saturated heterocycles. The first-order chi connectivity index (χ1) is 10.6. The van der Waals surface area contributed by atoms with E-state index in [9.17, 15) is 4.79 Å². The van der Waals surface area contributed by atoms with Crippen LogP contribution in [0.5, 0.6) is 0 Å². The summed E-state index contributed by atoms with van der Waals surface area (Å²) < 4.78 is 11.2. The van der Waals surface area contributed by atoms with E-state index in [1.165, 1.54) is 25.9 Å². The molecule has 2 aliphatic rings. The Bertz CT molecular complexity index is 340. The van der Waals surface area contributed by atoms with E-state index in [0.717, 1.165) is 25.9 Å². The maximum Gasteiger partial charge on any atom is 0.314 e. The monoisotopic (exact) mass is 313 g/mol. The van der Waals surface area contributed by atoms with Gasteiger partial charge in [0.05, 0.1) is 13.2 Å². The van der Waals surface area contributed by atoms with Gasteiger partial charge < -0.3 is 25.0 Å². The van der Waals surface area contributed by atoms with Crippen molar-refractivity contribution < 1.29 is 14.3 Å². The summed E-state index contributed by atoms with van der Waals surface area (Å²) in [7, 11) is 0. The van der Waals surface area contributed by atoms with Gasteiger partial charge in [-0.25, -0.2) is 4.79 Å². The number of rotatable bonds is 8. The highest BCUT2D eigenvalue weighted by atomic mass is 16.7. The number of nitrogens with one attached hydrogen (secondary N) is 2. The van der Waals surface area contributed by atoms with E-state index in [1.54, 1.807) is 0 Å². The molecule has 2 heterocycles. The molecule has 0 aromatic heterocycles. The molecule has 6 heteroatoms. The number of urea groups is 1. The average Bonchev–Trinajstić information content (AvgIpc) is 3.13. The molecule has 1 atom stereocenters. The van der Waals surface area contributed by atoms with Gasteiger partial charge in [0.1, 0.15) is 0 Å². The fourth-order valence-corrected chi connectivity index (χ4v) is 3.22. The van der Waals surface area contributed by atoms with Crippen LogP contribution in [0.1, 0.15) is 39.5 Å². The maximum atomic E-state index is 11.8. The molecule has 0 radical (unpaired) electrons. The van der Waals surface area contributed by atoms with Crippen molar-refractivity contribution in [2.75, 3.05) is 45.9 Å². The predicted molar refractivity (Wildman–Crippen MR) is 85.8 cm³/mol. The van der Waals surface area contributed by atoms with Crippen LogP contribution in [0, 0.1) is 5.92 Å². The molecule has 0 aromatic rings. The molecule has 0 bridgehead atoms. The fourth-order valence-electron chi connectivity index (χ4n) is 3.22. The number of likely N-dealkylation sites (tertiary alicyclic amines) is 1. The van der Waals surface area contributed by atoms with E-state index >= 15 is 0 Å². The van der Waals surface area contributed by atoms with Crippen LogP contribution in [0.15, 0.2) is 0 Å². The summed E-state index contributed by atoms with van der Waals surface area (Å²) in [6, 6.07) is -0.0771. The van der Waals surface area contributed by atoms with Crippen LogP contribution >= 0.6 is 0 Å². The van der Waals surface area contributed by atoms with Gasteiger partial charge in [-0.3, -0.25) is 0 Å². The number of nitrogens with zero attached hydrogens (tertiary/aromatic N) is 1. The van der Waals surface area contributed by atoms with Crippen molar-refractivity contribution in [1.82, 2.24) is 15.5 Å². The lowest BCUT2D eigenvalue weighted by molar-refractivity contribution is -0.153. The third-order valence-electron chi connectivity index (χ3n) is 4.36. The first-order valence-corrected chi connectivity index (χ1v) is 8.59. The van der Waals surface area contributed by atoms with E-state index < -0.39 is 5.79 Å². The lowest BCUT2D eigenvalue weighted by atomic mass is 10.0. The topological polar surface area (TPSA) is 62.8 Å². The Morgan fingerprint density at radius 1 is 1.23 bits per heavy atom. The number of carbonyl (C=O) groups is 1. The Hall–Kier alpha value is -0.850. The van der Waals surface area contributed by atoms with Crippen LogP contribution in [-0.4, -0.2) is 62.7 Å². The second-order valence-electron chi connectivity index (χ2n) is 6.68. The van der Waals surface area contributed by atoms with Gasteiger partial charge in [0.2, 0.25) is 0 Å². The van der Waals surface area contributed by atoms with E-state index in [1.807, 2.05) is 6.92 Å². The predicted octanol–water partition coefficient (Wildman–Crippen LogP) is 1.56. The minimum atomic E-state index is -0.479. The normalized spacial score (nSPS) is 22.6. The molecule has 2 amide bonds. The van der Waals surface area contributed by atoms with Gasteiger partial charge in [-0.1, -0.05) is 6.92 Å². The van der Waals surface area contributed by atoms with Crippen LogP contribution in [0.4, 0.5) is 4.79 Å². The molecule has 22 heavy (non-hydrogen) atoms. The number of ether oxygens (including phenoxy) is 2. The Kier molecular flexibility index (Phi) is 6.92. The van der Waals surface area contributed by atoms with Gasteiger partial charge >= 0.3 is 6.03 Å². The Balaban J connectivity index is 1.49. The van der Waals surface area contributed by atoms with Crippen molar-refractivity contribution in [2.45, 2.75) is 45.3 Å².